The van der Waals surface area contributed by atoms with E-state index in [2.05, 4.69) is 4.98 Å². The van der Waals surface area contributed by atoms with E-state index in [1.807, 2.05) is 60.7 Å². The zero-order chi connectivity index (χ0) is 27.6. The molecule has 0 saturated carbocycles. The fraction of sp³-hybridized carbons (Fsp3) is 0.333. The predicted octanol–water partition coefficient (Wildman–Crippen LogP) is 2.98. The van der Waals surface area contributed by atoms with Crippen LogP contribution in [0.15, 0.2) is 79.0 Å². The van der Waals surface area contributed by atoms with Crippen molar-refractivity contribution in [3.63, 3.8) is 0 Å². The fourth-order valence-electron chi connectivity index (χ4n) is 4.69. The number of Topliss-reactive ketones (excluding diaryl/α,β-unsaturated/α-hetero) is 1. The van der Waals surface area contributed by atoms with Gasteiger partial charge in [-0.05, 0) is 48.1 Å². The summed E-state index contributed by atoms with van der Waals surface area (Å²) in [5.41, 5.74) is 14.9. The van der Waals surface area contributed by atoms with Gasteiger partial charge in [0.2, 0.25) is 5.91 Å². The molecule has 1 fully saturated rings. The molecule has 1 aliphatic rings. The topological polar surface area (TPSA) is 132 Å². The van der Waals surface area contributed by atoms with E-state index >= 15 is 0 Å². The fourth-order valence-corrected chi connectivity index (χ4v) is 4.69. The number of aryl methyl sites for hydroxylation is 2. The highest BCUT2D eigenvalue weighted by molar-refractivity contribution is 5.92. The molecule has 4 rings (SSSR count). The minimum absolute atomic E-state index is 0.0576. The van der Waals surface area contributed by atoms with Crippen molar-refractivity contribution < 1.29 is 19.1 Å². The monoisotopic (exact) mass is 529 g/mol. The average molecular weight is 530 g/mol. The summed E-state index contributed by atoms with van der Waals surface area (Å²) in [5, 5.41) is 0. The van der Waals surface area contributed by atoms with Crippen LogP contribution in [0.1, 0.15) is 29.5 Å². The van der Waals surface area contributed by atoms with Crippen LogP contribution in [0.4, 0.5) is 10.6 Å². The summed E-state index contributed by atoms with van der Waals surface area (Å²) in [6.07, 6.45) is 2.83. The molecule has 0 spiro atoms. The Balaban J connectivity index is 1.42. The number of ketones is 1. The number of anilines is 1. The molecule has 0 unspecified atom stereocenters. The van der Waals surface area contributed by atoms with Gasteiger partial charge in [-0.15, -0.1) is 0 Å². The number of hydrogen-bond donors (Lipinski definition) is 2. The summed E-state index contributed by atoms with van der Waals surface area (Å²) in [4.78, 5) is 46.8. The Labute approximate surface area is 228 Å². The maximum atomic E-state index is 13.5. The third kappa shape index (κ3) is 7.87. The smallest absolute Gasteiger partial charge is 0.410 e. The second-order valence-corrected chi connectivity index (χ2v) is 9.72. The maximum absolute atomic E-state index is 13.5. The molecule has 2 aromatic carbocycles. The lowest BCUT2D eigenvalue weighted by atomic mass is 9.98. The predicted molar refractivity (Wildman–Crippen MR) is 148 cm³/mol. The molecule has 9 nitrogen and oxygen atoms in total. The van der Waals surface area contributed by atoms with Gasteiger partial charge in [-0.25, -0.2) is 9.78 Å². The van der Waals surface area contributed by atoms with E-state index in [0.29, 0.717) is 25.1 Å². The molecule has 2 heterocycles. The lowest BCUT2D eigenvalue weighted by Gasteiger charge is -2.41. The first-order valence-electron chi connectivity index (χ1n) is 13.2. The number of piperazine rings is 1. The van der Waals surface area contributed by atoms with Crippen molar-refractivity contribution >= 4 is 23.6 Å². The summed E-state index contributed by atoms with van der Waals surface area (Å²) >= 11 is 0. The molecular weight excluding hydrogens is 494 g/mol. The molecule has 4 N–H and O–H groups in total. The molecule has 0 aliphatic carbocycles. The molecule has 39 heavy (non-hydrogen) atoms. The van der Waals surface area contributed by atoms with Crippen LogP contribution in [-0.4, -0.2) is 64.3 Å². The van der Waals surface area contributed by atoms with E-state index in [1.54, 1.807) is 23.2 Å². The Bertz CT molecular complexity index is 1250. The number of ether oxygens (including phenoxy) is 1. The third-order valence-corrected chi connectivity index (χ3v) is 6.91. The molecule has 2 atom stereocenters. The number of nitrogens with two attached hydrogens (primary N) is 2. The summed E-state index contributed by atoms with van der Waals surface area (Å²) in [6, 6.07) is 21.2. The second-order valence-electron chi connectivity index (χ2n) is 9.72. The number of hydrogen-bond acceptors (Lipinski definition) is 7. The van der Waals surface area contributed by atoms with Crippen LogP contribution in [0, 0.1) is 0 Å². The van der Waals surface area contributed by atoms with E-state index in [-0.39, 0.29) is 44.4 Å². The van der Waals surface area contributed by atoms with E-state index in [9.17, 15) is 14.4 Å². The lowest BCUT2D eigenvalue weighted by molar-refractivity contribution is -0.143. The van der Waals surface area contributed by atoms with E-state index in [4.69, 9.17) is 16.2 Å². The Kier molecular flexibility index (Phi) is 9.64. The average Bonchev–Trinajstić information content (AvgIpc) is 2.97. The number of rotatable bonds is 10. The minimum atomic E-state index is -0.808. The molecule has 1 aliphatic heterocycles. The number of amides is 2. The van der Waals surface area contributed by atoms with Crippen LogP contribution in [0.3, 0.4) is 0 Å². The zero-order valence-electron chi connectivity index (χ0n) is 21.9. The molecule has 1 aromatic heterocycles. The SMILES string of the molecule is Nc1cc(CCC(=O)[C@@H]2CN(C(=O)OCc3ccccc3)CCN2C(=O)[C@H](N)CCc2ccccc2)ccn1. The van der Waals surface area contributed by atoms with E-state index in [1.165, 1.54) is 4.90 Å². The molecule has 0 bridgehead atoms. The standard InChI is InChI=1S/C30H35N5O4/c31-25(13-11-22-7-3-1-4-8-22)29(37)35-18-17-34(30(38)39-21-24-9-5-2-6-10-24)20-26(35)27(36)14-12-23-15-16-33-28(32)19-23/h1-10,15-16,19,25-26H,11-14,17-18,20-21,31H2,(H2,32,33)/t25-,26+/m1/s1. The number of benzene rings is 2. The van der Waals surface area contributed by atoms with Crippen molar-refractivity contribution in [3.8, 4) is 0 Å². The number of aromatic nitrogens is 1. The Morgan fingerprint density at radius 2 is 1.62 bits per heavy atom. The van der Waals surface area contributed by atoms with Crippen LogP contribution in [0.25, 0.3) is 0 Å². The van der Waals surface area contributed by atoms with Crippen molar-refractivity contribution in [2.75, 3.05) is 25.4 Å². The Morgan fingerprint density at radius 3 is 2.31 bits per heavy atom. The highest BCUT2D eigenvalue weighted by atomic mass is 16.6. The van der Waals surface area contributed by atoms with Crippen LogP contribution >= 0.6 is 0 Å². The summed E-state index contributed by atoms with van der Waals surface area (Å²) < 4.78 is 5.50. The maximum Gasteiger partial charge on any atom is 0.410 e. The molecular formula is C30H35N5O4. The van der Waals surface area contributed by atoms with Gasteiger partial charge in [0.1, 0.15) is 18.5 Å². The summed E-state index contributed by atoms with van der Waals surface area (Å²) in [6.45, 7) is 0.652. The van der Waals surface area contributed by atoms with Crippen molar-refractivity contribution in [2.45, 2.75) is 44.4 Å². The number of carbonyl (C=O) groups is 3. The van der Waals surface area contributed by atoms with Crippen molar-refractivity contribution in [1.82, 2.24) is 14.8 Å². The second kappa shape index (κ2) is 13.5. The van der Waals surface area contributed by atoms with Gasteiger partial charge in [0.15, 0.2) is 5.78 Å². The Hall–Kier alpha value is -4.24. The van der Waals surface area contributed by atoms with Gasteiger partial charge in [-0.3, -0.25) is 9.59 Å². The van der Waals surface area contributed by atoms with Crippen molar-refractivity contribution in [1.29, 1.82) is 0 Å². The van der Waals surface area contributed by atoms with Gasteiger partial charge in [0.25, 0.3) is 0 Å². The van der Waals surface area contributed by atoms with E-state index < -0.39 is 18.2 Å². The van der Waals surface area contributed by atoms with Gasteiger partial charge in [-0.1, -0.05) is 60.7 Å². The number of nitrogen functional groups attached to an aromatic ring is 1. The van der Waals surface area contributed by atoms with Gasteiger partial charge in [-0.2, -0.15) is 0 Å². The number of pyridine rings is 1. The van der Waals surface area contributed by atoms with Gasteiger partial charge < -0.3 is 26.0 Å². The summed E-state index contributed by atoms with van der Waals surface area (Å²) in [5.74, 6) is -0.0459. The van der Waals surface area contributed by atoms with Gasteiger partial charge in [0.05, 0.1) is 12.6 Å². The van der Waals surface area contributed by atoms with E-state index in [0.717, 1.165) is 16.7 Å². The largest absolute Gasteiger partial charge is 0.445 e. The lowest BCUT2D eigenvalue weighted by Crippen LogP contribution is -2.62. The quantitative estimate of drug-likeness (QED) is 0.413. The number of nitrogens with zero attached hydrogens (tertiary/aromatic N) is 3. The highest BCUT2D eigenvalue weighted by Gasteiger charge is 2.38. The van der Waals surface area contributed by atoms with Crippen molar-refractivity contribution in [3.05, 3.63) is 95.7 Å². The van der Waals surface area contributed by atoms with Crippen LogP contribution in [0.5, 0.6) is 0 Å². The first-order valence-corrected chi connectivity index (χ1v) is 13.2. The minimum Gasteiger partial charge on any atom is -0.445 e. The first kappa shape index (κ1) is 27.8. The van der Waals surface area contributed by atoms with Crippen molar-refractivity contribution in [2.24, 2.45) is 5.73 Å². The highest BCUT2D eigenvalue weighted by Crippen LogP contribution is 2.18. The van der Waals surface area contributed by atoms with Crippen LogP contribution < -0.4 is 11.5 Å². The third-order valence-electron chi connectivity index (χ3n) is 6.91. The van der Waals surface area contributed by atoms with Crippen LogP contribution in [-0.2, 0) is 33.8 Å². The zero-order valence-corrected chi connectivity index (χ0v) is 21.9. The molecule has 0 radical (unpaired) electrons. The molecule has 2 amide bonds. The molecule has 9 heteroatoms. The van der Waals surface area contributed by atoms with Gasteiger partial charge in [0, 0.05) is 25.7 Å². The van der Waals surface area contributed by atoms with Gasteiger partial charge >= 0.3 is 6.09 Å². The summed E-state index contributed by atoms with van der Waals surface area (Å²) in [7, 11) is 0. The molecule has 204 valence electrons. The first-order chi connectivity index (χ1) is 18.9. The molecule has 3 aromatic rings. The van der Waals surface area contributed by atoms with Crippen LogP contribution in [0.2, 0.25) is 0 Å². The normalized spacial score (nSPS) is 16.0. The number of carbonyl (C=O) groups excluding carboxylic acids is 3. The Morgan fingerprint density at radius 1 is 0.923 bits per heavy atom. The molecule has 1 saturated heterocycles.